The number of amides is 3. The number of carbonyl (C=O) groups excluding carboxylic acids is 4. The average Bonchev–Trinajstić information content (AvgIpc) is 3.14. The van der Waals surface area contributed by atoms with E-state index in [0.717, 1.165) is 5.56 Å². The zero-order valence-corrected chi connectivity index (χ0v) is 19.2. The first kappa shape index (κ1) is 23.9. The molecule has 3 amide bonds. The van der Waals surface area contributed by atoms with Gasteiger partial charge in [0, 0.05) is 18.5 Å². The van der Waals surface area contributed by atoms with Crippen LogP contribution < -0.4 is 5.32 Å². The van der Waals surface area contributed by atoms with Crippen molar-refractivity contribution in [1.82, 2.24) is 10.2 Å². The molecular weight excluding hydrogens is 444 g/mol. The normalized spacial score (nSPS) is 13.3. The molecule has 0 saturated heterocycles. The molecule has 178 valence electrons. The molecule has 35 heavy (non-hydrogen) atoms. The van der Waals surface area contributed by atoms with Gasteiger partial charge in [-0.1, -0.05) is 60.7 Å². The Kier molecular flexibility index (Phi) is 7.67. The molecule has 0 radical (unpaired) electrons. The lowest BCUT2D eigenvalue weighted by Crippen LogP contribution is -2.43. The zero-order chi connectivity index (χ0) is 24.6. The smallest absolute Gasteiger partial charge is 0.328 e. The topological polar surface area (TPSA) is 92.8 Å². The molecule has 4 rings (SSSR count). The van der Waals surface area contributed by atoms with Crippen molar-refractivity contribution in [2.24, 2.45) is 0 Å². The highest BCUT2D eigenvalue weighted by Gasteiger charge is 2.34. The number of rotatable bonds is 10. The largest absolute Gasteiger partial charge is 0.464 e. The van der Waals surface area contributed by atoms with Crippen LogP contribution in [0.1, 0.15) is 49.5 Å². The minimum absolute atomic E-state index is 0.120. The molecule has 0 spiro atoms. The summed E-state index contributed by atoms with van der Waals surface area (Å²) in [6.45, 7) is 0.372. The summed E-state index contributed by atoms with van der Waals surface area (Å²) in [6.07, 6.45) is 1.27. The molecule has 1 aliphatic heterocycles. The second-order valence-electron chi connectivity index (χ2n) is 8.26. The number of benzene rings is 3. The summed E-state index contributed by atoms with van der Waals surface area (Å²) in [6, 6.07) is 24.0. The standard InChI is InChI=1S/C28H26N2O5/c31-25(21-13-5-2-6-14-21)29-24(19-20-11-3-1-4-12-20)28(34)35-18-10-9-17-30-26(32)22-15-7-8-16-23(22)27(30)33/h1-8,11-16,24H,9-10,17-19H2,(H,29,31). The third-order valence-electron chi connectivity index (χ3n) is 5.81. The summed E-state index contributed by atoms with van der Waals surface area (Å²) >= 11 is 0. The summed E-state index contributed by atoms with van der Waals surface area (Å²) in [5.74, 6) is -1.48. The fourth-order valence-corrected chi connectivity index (χ4v) is 3.96. The average molecular weight is 471 g/mol. The number of hydrogen-bond acceptors (Lipinski definition) is 5. The van der Waals surface area contributed by atoms with Crippen LogP contribution in [0.25, 0.3) is 0 Å². The number of nitrogens with zero attached hydrogens (tertiary/aromatic N) is 1. The van der Waals surface area contributed by atoms with Crippen LogP contribution in [0.2, 0.25) is 0 Å². The van der Waals surface area contributed by atoms with Crippen LogP contribution in [0.4, 0.5) is 0 Å². The minimum Gasteiger partial charge on any atom is -0.464 e. The molecule has 1 aliphatic rings. The number of ether oxygens (including phenoxy) is 1. The number of hydrogen-bond donors (Lipinski definition) is 1. The Morgan fingerprint density at radius 1 is 0.771 bits per heavy atom. The van der Waals surface area contributed by atoms with Crippen molar-refractivity contribution in [3.63, 3.8) is 0 Å². The van der Waals surface area contributed by atoms with E-state index in [1.165, 1.54) is 4.90 Å². The molecule has 0 bridgehead atoms. The Balaban J connectivity index is 1.29. The molecule has 1 N–H and O–H groups in total. The fraction of sp³-hybridized carbons (Fsp3) is 0.214. The zero-order valence-electron chi connectivity index (χ0n) is 19.2. The molecule has 1 atom stereocenters. The molecular formula is C28H26N2O5. The minimum atomic E-state index is -0.846. The van der Waals surface area contributed by atoms with Crippen molar-refractivity contribution in [2.75, 3.05) is 13.2 Å². The maximum absolute atomic E-state index is 12.8. The first-order valence-electron chi connectivity index (χ1n) is 11.6. The van der Waals surface area contributed by atoms with Gasteiger partial charge in [-0.2, -0.15) is 0 Å². The molecule has 0 aliphatic carbocycles. The highest BCUT2D eigenvalue weighted by molar-refractivity contribution is 6.21. The lowest BCUT2D eigenvalue weighted by Gasteiger charge is -2.18. The van der Waals surface area contributed by atoms with Crippen LogP contribution in [0.3, 0.4) is 0 Å². The number of nitrogens with one attached hydrogen (secondary N) is 1. The summed E-state index contributed by atoms with van der Waals surface area (Å²) in [4.78, 5) is 51.6. The van der Waals surface area contributed by atoms with E-state index in [1.54, 1.807) is 48.5 Å². The lowest BCUT2D eigenvalue weighted by molar-refractivity contribution is -0.146. The van der Waals surface area contributed by atoms with Gasteiger partial charge in [-0.05, 0) is 42.7 Å². The third kappa shape index (κ3) is 5.81. The third-order valence-corrected chi connectivity index (χ3v) is 5.81. The highest BCUT2D eigenvalue weighted by Crippen LogP contribution is 2.22. The van der Waals surface area contributed by atoms with Crippen molar-refractivity contribution >= 4 is 23.7 Å². The highest BCUT2D eigenvalue weighted by atomic mass is 16.5. The van der Waals surface area contributed by atoms with Crippen LogP contribution in [0.15, 0.2) is 84.9 Å². The van der Waals surface area contributed by atoms with E-state index < -0.39 is 12.0 Å². The number of unbranched alkanes of at least 4 members (excludes halogenated alkanes) is 1. The maximum atomic E-state index is 12.8. The first-order chi connectivity index (χ1) is 17.0. The van der Waals surface area contributed by atoms with Gasteiger partial charge in [0.15, 0.2) is 0 Å². The molecule has 7 nitrogen and oxygen atoms in total. The molecule has 1 heterocycles. The predicted molar refractivity (Wildman–Crippen MR) is 130 cm³/mol. The van der Waals surface area contributed by atoms with Gasteiger partial charge < -0.3 is 10.1 Å². The monoisotopic (exact) mass is 470 g/mol. The van der Waals surface area contributed by atoms with Gasteiger partial charge in [-0.3, -0.25) is 19.3 Å². The van der Waals surface area contributed by atoms with Crippen molar-refractivity contribution < 1.29 is 23.9 Å². The number of fused-ring (bicyclic) bond motifs is 1. The van der Waals surface area contributed by atoms with Crippen LogP contribution in [0.5, 0.6) is 0 Å². The van der Waals surface area contributed by atoms with Gasteiger partial charge in [0.1, 0.15) is 6.04 Å². The summed E-state index contributed by atoms with van der Waals surface area (Å²) in [5.41, 5.74) is 2.19. The van der Waals surface area contributed by atoms with E-state index in [0.29, 0.717) is 36.0 Å². The quantitative estimate of drug-likeness (QED) is 0.277. The van der Waals surface area contributed by atoms with Gasteiger partial charge in [-0.15, -0.1) is 0 Å². The molecule has 0 saturated carbocycles. The van der Waals surface area contributed by atoms with Crippen LogP contribution in [-0.4, -0.2) is 47.8 Å². The van der Waals surface area contributed by atoms with E-state index in [-0.39, 0.29) is 30.9 Å². The van der Waals surface area contributed by atoms with Crippen molar-refractivity contribution in [2.45, 2.75) is 25.3 Å². The Hall–Kier alpha value is -4.26. The maximum Gasteiger partial charge on any atom is 0.328 e. The Bertz CT molecular complexity index is 1180. The number of carbonyl (C=O) groups is 4. The van der Waals surface area contributed by atoms with Gasteiger partial charge in [-0.25, -0.2) is 4.79 Å². The molecule has 7 heteroatoms. The van der Waals surface area contributed by atoms with E-state index in [1.807, 2.05) is 36.4 Å². The van der Waals surface area contributed by atoms with Gasteiger partial charge in [0.25, 0.3) is 17.7 Å². The Morgan fingerprint density at radius 2 is 1.34 bits per heavy atom. The summed E-state index contributed by atoms with van der Waals surface area (Å²) in [5, 5.41) is 2.78. The van der Waals surface area contributed by atoms with Crippen LogP contribution in [0, 0.1) is 0 Å². The molecule has 0 aromatic heterocycles. The van der Waals surface area contributed by atoms with Gasteiger partial charge in [0.2, 0.25) is 0 Å². The molecule has 0 fully saturated rings. The van der Waals surface area contributed by atoms with Crippen LogP contribution >= 0.6 is 0 Å². The second kappa shape index (κ2) is 11.2. The van der Waals surface area contributed by atoms with E-state index >= 15 is 0 Å². The molecule has 3 aromatic carbocycles. The lowest BCUT2D eigenvalue weighted by atomic mass is 10.1. The number of esters is 1. The second-order valence-corrected chi connectivity index (χ2v) is 8.26. The van der Waals surface area contributed by atoms with E-state index in [9.17, 15) is 19.2 Å². The molecule has 3 aromatic rings. The summed E-state index contributed by atoms with van der Waals surface area (Å²) < 4.78 is 5.45. The fourth-order valence-electron chi connectivity index (χ4n) is 3.96. The predicted octanol–water partition coefficient (Wildman–Crippen LogP) is 3.65. The summed E-state index contributed by atoms with van der Waals surface area (Å²) in [7, 11) is 0. The van der Waals surface area contributed by atoms with Crippen molar-refractivity contribution in [3.05, 3.63) is 107 Å². The van der Waals surface area contributed by atoms with Crippen LogP contribution in [-0.2, 0) is 16.0 Å². The van der Waals surface area contributed by atoms with E-state index in [2.05, 4.69) is 5.32 Å². The van der Waals surface area contributed by atoms with Crippen molar-refractivity contribution in [1.29, 1.82) is 0 Å². The molecule has 1 unspecified atom stereocenters. The van der Waals surface area contributed by atoms with Gasteiger partial charge in [0.05, 0.1) is 17.7 Å². The Morgan fingerprint density at radius 3 is 1.97 bits per heavy atom. The first-order valence-corrected chi connectivity index (χ1v) is 11.6. The number of imide groups is 1. The van der Waals surface area contributed by atoms with Gasteiger partial charge >= 0.3 is 5.97 Å². The van der Waals surface area contributed by atoms with Crippen molar-refractivity contribution in [3.8, 4) is 0 Å². The Labute approximate surface area is 203 Å². The SMILES string of the molecule is O=C(NC(Cc1ccccc1)C(=O)OCCCCN1C(=O)c2ccccc2C1=O)c1ccccc1. The van der Waals surface area contributed by atoms with E-state index in [4.69, 9.17) is 4.74 Å².